The van der Waals surface area contributed by atoms with E-state index in [-0.39, 0.29) is 16.5 Å². The molecule has 0 radical (unpaired) electrons. The molecule has 1 aromatic carbocycles. The lowest BCUT2D eigenvalue weighted by molar-refractivity contribution is -0.384. The minimum atomic E-state index is -0.386. The molecule has 1 heterocycles. The van der Waals surface area contributed by atoms with Crippen LogP contribution in [-0.4, -0.2) is 42.4 Å². The fraction of sp³-hybridized carbons (Fsp3) is 0.462. The van der Waals surface area contributed by atoms with Crippen LogP contribution in [0.3, 0.4) is 0 Å². The molecule has 2 N–H and O–H groups in total. The number of hydrogen-bond donors (Lipinski definition) is 2. The van der Waals surface area contributed by atoms with Gasteiger partial charge in [0.1, 0.15) is 5.69 Å². The van der Waals surface area contributed by atoms with E-state index in [9.17, 15) is 14.9 Å². The van der Waals surface area contributed by atoms with Gasteiger partial charge in [-0.05, 0) is 5.56 Å². The largest absolute Gasteiger partial charge is 0.382 e. The van der Waals surface area contributed by atoms with Crippen LogP contribution in [0.4, 0.5) is 11.4 Å². The molecule has 7 heteroatoms. The molecule has 20 heavy (non-hydrogen) atoms. The number of rotatable bonds is 4. The molecule has 2 rings (SSSR count). The van der Waals surface area contributed by atoms with Gasteiger partial charge in [0.2, 0.25) is 5.91 Å². The molecule has 1 saturated heterocycles. The van der Waals surface area contributed by atoms with E-state index in [0.717, 1.165) is 12.1 Å². The van der Waals surface area contributed by atoms with Crippen molar-refractivity contribution in [3.63, 3.8) is 0 Å². The molecule has 0 atom stereocenters. The van der Waals surface area contributed by atoms with Crippen molar-refractivity contribution in [3.05, 3.63) is 33.9 Å². The van der Waals surface area contributed by atoms with E-state index in [1.807, 2.05) is 6.07 Å². The molecule has 0 bridgehead atoms. The smallest absolute Gasteiger partial charge is 0.292 e. The average Bonchev–Trinajstić information content (AvgIpc) is 2.63. The number of nitro groups is 1. The fourth-order valence-corrected chi connectivity index (χ4v) is 2.37. The monoisotopic (exact) mass is 278 g/mol. The van der Waals surface area contributed by atoms with E-state index in [1.54, 1.807) is 13.1 Å². The summed E-state index contributed by atoms with van der Waals surface area (Å²) in [5, 5.41) is 16.7. The summed E-state index contributed by atoms with van der Waals surface area (Å²) in [6, 6.07) is 5.05. The van der Waals surface area contributed by atoms with Crippen molar-refractivity contribution in [2.24, 2.45) is 0 Å². The molecule has 0 saturated carbocycles. The lowest BCUT2D eigenvalue weighted by atomic mass is 10.1. The number of hydrogen-bond acceptors (Lipinski definition) is 5. The molecule has 0 unspecified atom stereocenters. The predicted octanol–water partition coefficient (Wildman–Crippen LogP) is 0.958. The molecule has 0 aliphatic carbocycles. The number of nitrogens with one attached hydrogen (secondary N) is 2. The van der Waals surface area contributed by atoms with E-state index in [0.29, 0.717) is 31.7 Å². The van der Waals surface area contributed by atoms with Crippen LogP contribution in [0.5, 0.6) is 0 Å². The van der Waals surface area contributed by atoms with Gasteiger partial charge in [0.25, 0.3) is 5.69 Å². The normalized spacial score (nSPS) is 16.4. The Morgan fingerprint density at radius 1 is 1.45 bits per heavy atom. The molecule has 1 aliphatic heterocycles. The summed E-state index contributed by atoms with van der Waals surface area (Å²) in [7, 11) is 1.68. The maximum Gasteiger partial charge on any atom is 0.292 e. The fourth-order valence-electron chi connectivity index (χ4n) is 2.37. The summed E-state index contributed by atoms with van der Waals surface area (Å²) in [6.07, 6.45) is 0.462. The molecule has 0 spiro atoms. The maximum atomic E-state index is 11.3. The number of amides is 1. The quantitative estimate of drug-likeness (QED) is 0.632. The van der Waals surface area contributed by atoms with Gasteiger partial charge in [0, 0.05) is 45.7 Å². The Hall–Kier alpha value is -2.15. The third-order valence-corrected chi connectivity index (χ3v) is 3.37. The Morgan fingerprint density at radius 3 is 2.95 bits per heavy atom. The minimum absolute atomic E-state index is 0.0559. The highest BCUT2D eigenvalue weighted by molar-refractivity contribution is 5.76. The molecular formula is C13H18N4O3. The molecule has 1 amide bonds. The highest BCUT2D eigenvalue weighted by Gasteiger charge is 2.19. The van der Waals surface area contributed by atoms with Gasteiger partial charge in [-0.3, -0.25) is 19.8 Å². The Bertz CT molecular complexity index is 518. The van der Waals surface area contributed by atoms with E-state index in [4.69, 9.17) is 0 Å². The van der Waals surface area contributed by atoms with E-state index in [2.05, 4.69) is 15.5 Å². The minimum Gasteiger partial charge on any atom is -0.382 e. The van der Waals surface area contributed by atoms with Crippen LogP contribution < -0.4 is 10.6 Å². The number of benzene rings is 1. The van der Waals surface area contributed by atoms with Crippen LogP contribution in [0.1, 0.15) is 12.0 Å². The lowest BCUT2D eigenvalue weighted by Gasteiger charge is -2.20. The summed E-state index contributed by atoms with van der Waals surface area (Å²) in [5.41, 5.74) is 1.49. The van der Waals surface area contributed by atoms with Crippen molar-refractivity contribution < 1.29 is 9.72 Å². The number of carbonyl (C=O) groups is 1. The molecule has 0 aromatic heterocycles. The van der Waals surface area contributed by atoms with E-state index >= 15 is 0 Å². The third-order valence-electron chi connectivity index (χ3n) is 3.37. The average molecular weight is 278 g/mol. The standard InChI is InChI=1S/C13H18N4O3/c1-14-13-10(3-2-4-11(13)17(19)20)9-16-7-5-12(18)15-6-8-16/h2-4,14H,5-9H2,1H3,(H,15,18). The van der Waals surface area contributed by atoms with E-state index < -0.39 is 0 Å². The molecular weight excluding hydrogens is 260 g/mol. The second-order valence-corrected chi connectivity index (χ2v) is 4.69. The first-order chi connectivity index (χ1) is 9.61. The van der Waals surface area contributed by atoms with Crippen molar-refractivity contribution in [3.8, 4) is 0 Å². The zero-order valence-corrected chi connectivity index (χ0v) is 11.4. The number of para-hydroxylation sites is 1. The molecule has 7 nitrogen and oxygen atoms in total. The summed E-state index contributed by atoms with van der Waals surface area (Å²) >= 11 is 0. The first kappa shape index (κ1) is 14.3. The van der Waals surface area contributed by atoms with Gasteiger partial charge in [-0.25, -0.2) is 0 Å². The van der Waals surface area contributed by atoms with Crippen LogP contribution in [-0.2, 0) is 11.3 Å². The van der Waals surface area contributed by atoms with Crippen molar-refractivity contribution >= 4 is 17.3 Å². The molecule has 108 valence electrons. The summed E-state index contributed by atoms with van der Waals surface area (Å²) in [5.74, 6) is 0.0559. The zero-order chi connectivity index (χ0) is 14.5. The van der Waals surface area contributed by atoms with Gasteiger partial charge in [-0.2, -0.15) is 0 Å². The SMILES string of the molecule is CNc1c(CN2CCNC(=O)CC2)cccc1[N+](=O)[O-]. The van der Waals surface area contributed by atoms with Gasteiger partial charge in [0.05, 0.1) is 4.92 Å². The summed E-state index contributed by atoms with van der Waals surface area (Å²) in [6.45, 7) is 2.62. The summed E-state index contributed by atoms with van der Waals surface area (Å²) in [4.78, 5) is 24.1. The Morgan fingerprint density at radius 2 is 2.25 bits per heavy atom. The van der Waals surface area contributed by atoms with Crippen LogP contribution in [0.25, 0.3) is 0 Å². The first-order valence-electron chi connectivity index (χ1n) is 6.55. The molecule has 1 aromatic rings. The predicted molar refractivity (Wildman–Crippen MR) is 75.5 cm³/mol. The van der Waals surface area contributed by atoms with Crippen LogP contribution in [0.2, 0.25) is 0 Å². The van der Waals surface area contributed by atoms with Crippen LogP contribution in [0, 0.1) is 10.1 Å². The number of nitro benzene ring substituents is 1. The second-order valence-electron chi connectivity index (χ2n) is 4.69. The first-order valence-corrected chi connectivity index (χ1v) is 6.55. The number of carbonyl (C=O) groups excluding carboxylic acids is 1. The maximum absolute atomic E-state index is 11.3. The lowest BCUT2D eigenvalue weighted by Crippen LogP contribution is -2.28. The van der Waals surface area contributed by atoms with Crippen molar-refractivity contribution in [2.75, 3.05) is 32.0 Å². The molecule has 1 fully saturated rings. The van der Waals surface area contributed by atoms with Gasteiger partial charge in [0.15, 0.2) is 0 Å². The van der Waals surface area contributed by atoms with Gasteiger partial charge < -0.3 is 10.6 Å². The van der Waals surface area contributed by atoms with E-state index in [1.165, 1.54) is 6.07 Å². The van der Waals surface area contributed by atoms with Crippen molar-refractivity contribution in [2.45, 2.75) is 13.0 Å². The Labute approximate surface area is 117 Å². The Balaban J connectivity index is 2.18. The Kier molecular flexibility index (Phi) is 4.52. The van der Waals surface area contributed by atoms with Gasteiger partial charge >= 0.3 is 0 Å². The zero-order valence-electron chi connectivity index (χ0n) is 11.4. The molecule has 1 aliphatic rings. The highest BCUT2D eigenvalue weighted by atomic mass is 16.6. The van der Waals surface area contributed by atoms with Crippen LogP contribution in [0.15, 0.2) is 18.2 Å². The summed E-state index contributed by atoms with van der Waals surface area (Å²) < 4.78 is 0. The highest BCUT2D eigenvalue weighted by Crippen LogP contribution is 2.28. The van der Waals surface area contributed by atoms with Crippen molar-refractivity contribution in [1.82, 2.24) is 10.2 Å². The number of nitrogens with zero attached hydrogens (tertiary/aromatic N) is 2. The second kappa shape index (κ2) is 6.33. The van der Waals surface area contributed by atoms with Crippen molar-refractivity contribution in [1.29, 1.82) is 0 Å². The van der Waals surface area contributed by atoms with Crippen LogP contribution >= 0.6 is 0 Å². The van der Waals surface area contributed by atoms with Gasteiger partial charge in [-0.1, -0.05) is 12.1 Å². The topological polar surface area (TPSA) is 87.5 Å². The third kappa shape index (κ3) is 3.24. The van der Waals surface area contributed by atoms with Gasteiger partial charge in [-0.15, -0.1) is 0 Å². The number of anilines is 1.